The molecule has 0 bridgehead atoms. The quantitative estimate of drug-likeness (QED) is 0.0883. The molecule has 0 N–H and O–H groups in total. The number of carbonyl (C=O) groups is 1. The Morgan fingerprint density at radius 3 is 2.06 bits per heavy atom. The number of hydrogen-bond donors (Lipinski definition) is 0. The molecular weight excluding hydrogens is 661 g/mol. The summed E-state index contributed by atoms with van der Waals surface area (Å²) in [4.78, 5) is 21.4. The topological polar surface area (TPSA) is 57.7 Å². The van der Waals surface area contributed by atoms with E-state index < -0.39 is 5.54 Å². The number of fused-ring (bicyclic) bond motifs is 2. The predicted molar refractivity (Wildman–Crippen MR) is 224 cm³/mol. The van der Waals surface area contributed by atoms with Crippen molar-refractivity contribution in [3.05, 3.63) is 122 Å². The molecule has 0 amide bonds. The highest BCUT2D eigenvalue weighted by Crippen LogP contribution is 2.50. The van der Waals surface area contributed by atoms with Gasteiger partial charge in [-0.1, -0.05) is 36.5 Å². The number of esters is 1. The SMILES string of the molecule is C=CCN(CC=C)c1ccc2c(c1)OC1=CC(C)(N(CC=C)CC=C)C=CC1=C2c1cc(N(CC)CC)c(N(CC)CCCC(=O)OCC)cc1OC. The molecule has 0 spiro atoms. The Hall–Kier alpha value is -4.95. The van der Waals surface area contributed by atoms with Crippen molar-refractivity contribution in [3.63, 3.8) is 0 Å². The molecule has 1 aliphatic heterocycles. The summed E-state index contributed by atoms with van der Waals surface area (Å²) in [5.41, 5.74) is 6.77. The number of hydrogen-bond acceptors (Lipinski definition) is 8. The lowest BCUT2D eigenvalue weighted by Crippen LogP contribution is -2.45. The van der Waals surface area contributed by atoms with E-state index >= 15 is 0 Å². The van der Waals surface area contributed by atoms with Crippen LogP contribution in [0.5, 0.6) is 11.5 Å². The van der Waals surface area contributed by atoms with Crippen LogP contribution in [-0.4, -0.2) is 82.5 Å². The summed E-state index contributed by atoms with van der Waals surface area (Å²) in [5.74, 6) is 2.16. The second-order valence-electron chi connectivity index (χ2n) is 13.3. The third-order valence-corrected chi connectivity index (χ3v) is 9.95. The molecule has 2 aromatic rings. The molecule has 8 heteroatoms. The first kappa shape index (κ1) is 40.8. The van der Waals surface area contributed by atoms with E-state index in [0.29, 0.717) is 52.2 Å². The molecule has 0 saturated heterocycles. The smallest absolute Gasteiger partial charge is 0.305 e. The minimum absolute atomic E-state index is 0.162. The Morgan fingerprint density at radius 1 is 0.830 bits per heavy atom. The van der Waals surface area contributed by atoms with Crippen molar-refractivity contribution < 1.29 is 19.0 Å². The van der Waals surface area contributed by atoms with Gasteiger partial charge in [0.05, 0.1) is 30.6 Å². The summed E-state index contributed by atoms with van der Waals surface area (Å²) in [6.45, 7) is 32.8. The van der Waals surface area contributed by atoms with E-state index in [4.69, 9.17) is 14.2 Å². The van der Waals surface area contributed by atoms with E-state index in [9.17, 15) is 4.79 Å². The first-order valence-electron chi connectivity index (χ1n) is 19.0. The zero-order valence-corrected chi connectivity index (χ0v) is 33.0. The number of benzene rings is 2. The number of allylic oxidation sites excluding steroid dienone is 1. The summed E-state index contributed by atoms with van der Waals surface area (Å²) in [6, 6.07) is 10.9. The lowest BCUT2D eigenvalue weighted by Gasteiger charge is -2.40. The van der Waals surface area contributed by atoms with Gasteiger partial charge in [-0.2, -0.15) is 0 Å². The zero-order chi connectivity index (χ0) is 38.5. The van der Waals surface area contributed by atoms with Crippen molar-refractivity contribution >= 4 is 28.6 Å². The largest absolute Gasteiger partial charge is 0.496 e. The third kappa shape index (κ3) is 9.17. The van der Waals surface area contributed by atoms with Gasteiger partial charge in [-0.25, -0.2) is 0 Å². The number of carbonyl (C=O) groups excluding carboxylic acids is 1. The molecule has 0 saturated carbocycles. The van der Waals surface area contributed by atoms with Gasteiger partial charge in [0.25, 0.3) is 0 Å². The fourth-order valence-electron chi connectivity index (χ4n) is 7.23. The van der Waals surface area contributed by atoms with Crippen LogP contribution >= 0.6 is 0 Å². The van der Waals surface area contributed by atoms with Crippen molar-refractivity contribution in [3.8, 4) is 11.5 Å². The Morgan fingerprint density at radius 2 is 1.47 bits per heavy atom. The minimum Gasteiger partial charge on any atom is -0.496 e. The average molecular weight is 721 g/mol. The van der Waals surface area contributed by atoms with Gasteiger partial charge >= 0.3 is 5.97 Å². The van der Waals surface area contributed by atoms with Crippen LogP contribution in [0.3, 0.4) is 0 Å². The lowest BCUT2D eigenvalue weighted by atomic mass is 9.82. The van der Waals surface area contributed by atoms with Crippen LogP contribution in [0.15, 0.2) is 111 Å². The molecule has 1 aliphatic carbocycles. The van der Waals surface area contributed by atoms with E-state index in [1.54, 1.807) is 7.11 Å². The van der Waals surface area contributed by atoms with Crippen LogP contribution in [-0.2, 0) is 9.53 Å². The molecule has 2 aliphatic rings. The normalized spacial score (nSPS) is 15.8. The standard InChI is InChI=1S/C45H60N4O4/c1-11-25-48(26-12-2)34-21-22-35-41(30-34)53-42-33-45(9,49(27-13-3)28-14-4)24-23-36(42)44(35)37-31-38(46(15-5)16-6)39(32-40(37)51-10)47(17-7)29-19-20-43(50)52-18-8/h11-14,21-24,30-33H,1-4,15-20,25-29H2,5-10H3. The maximum atomic E-state index is 12.2. The Labute approximate surface area is 318 Å². The molecule has 4 rings (SSSR count). The highest BCUT2D eigenvalue weighted by molar-refractivity contribution is 5.95. The van der Waals surface area contributed by atoms with E-state index in [0.717, 1.165) is 76.2 Å². The van der Waals surface area contributed by atoms with E-state index in [2.05, 4.69) is 122 Å². The van der Waals surface area contributed by atoms with Crippen LogP contribution < -0.4 is 24.2 Å². The Balaban J connectivity index is 1.98. The highest BCUT2D eigenvalue weighted by Gasteiger charge is 2.36. The average Bonchev–Trinajstić information content (AvgIpc) is 3.15. The maximum absolute atomic E-state index is 12.2. The molecule has 53 heavy (non-hydrogen) atoms. The summed E-state index contributed by atoms with van der Waals surface area (Å²) in [6.07, 6.45) is 15.4. The van der Waals surface area contributed by atoms with Gasteiger partial charge < -0.3 is 28.9 Å². The fraction of sp³-hybridized carbons (Fsp3) is 0.400. The second kappa shape index (κ2) is 19.2. The monoisotopic (exact) mass is 720 g/mol. The van der Waals surface area contributed by atoms with Crippen LogP contribution in [0, 0.1) is 0 Å². The molecular formula is C45H60N4O4. The summed E-state index contributed by atoms with van der Waals surface area (Å²) in [5, 5.41) is 0. The number of ether oxygens (including phenoxy) is 3. The number of methoxy groups -OCH3 is 1. The van der Waals surface area contributed by atoms with Crippen LogP contribution in [0.1, 0.15) is 58.6 Å². The van der Waals surface area contributed by atoms with Crippen LogP contribution in [0.25, 0.3) is 5.57 Å². The molecule has 1 heterocycles. The summed E-state index contributed by atoms with van der Waals surface area (Å²) in [7, 11) is 1.74. The molecule has 284 valence electrons. The van der Waals surface area contributed by atoms with Gasteiger partial charge in [-0.3, -0.25) is 9.69 Å². The number of anilines is 3. The van der Waals surface area contributed by atoms with Gasteiger partial charge in [-0.05, 0) is 65.3 Å². The van der Waals surface area contributed by atoms with Crippen molar-refractivity contribution in [2.45, 2.75) is 53.0 Å². The molecule has 1 atom stereocenters. The van der Waals surface area contributed by atoms with Crippen molar-refractivity contribution in [1.82, 2.24) is 4.90 Å². The summed E-state index contributed by atoms with van der Waals surface area (Å²) < 4.78 is 18.4. The zero-order valence-electron chi connectivity index (χ0n) is 33.0. The molecule has 8 nitrogen and oxygen atoms in total. The van der Waals surface area contributed by atoms with Gasteiger partial charge in [-0.15, -0.1) is 26.3 Å². The van der Waals surface area contributed by atoms with Gasteiger partial charge in [0.1, 0.15) is 17.3 Å². The molecule has 1 unspecified atom stereocenters. The van der Waals surface area contributed by atoms with E-state index in [1.807, 2.05) is 31.2 Å². The fourth-order valence-corrected chi connectivity index (χ4v) is 7.23. The first-order valence-corrected chi connectivity index (χ1v) is 19.0. The molecule has 0 radical (unpaired) electrons. The van der Waals surface area contributed by atoms with Crippen molar-refractivity contribution in [2.24, 2.45) is 0 Å². The third-order valence-electron chi connectivity index (χ3n) is 9.95. The van der Waals surface area contributed by atoms with E-state index in [-0.39, 0.29) is 5.97 Å². The summed E-state index contributed by atoms with van der Waals surface area (Å²) >= 11 is 0. The maximum Gasteiger partial charge on any atom is 0.305 e. The first-order chi connectivity index (χ1) is 25.7. The van der Waals surface area contributed by atoms with Crippen LogP contribution in [0.4, 0.5) is 17.1 Å². The van der Waals surface area contributed by atoms with Gasteiger partial charge in [0.2, 0.25) is 0 Å². The second-order valence-corrected chi connectivity index (χ2v) is 13.3. The van der Waals surface area contributed by atoms with E-state index in [1.165, 1.54) is 0 Å². The molecule has 2 aromatic carbocycles. The van der Waals surface area contributed by atoms with Crippen molar-refractivity contribution in [2.75, 3.05) is 80.8 Å². The van der Waals surface area contributed by atoms with Gasteiger partial charge in [0, 0.05) is 98.9 Å². The predicted octanol–water partition coefficient (Wildman–Crippen LogP) is 8.97. The highest BCUT2D eigenvalue weighted by atomic mass is 16.5. The Kier molecular flexibility index (Phi) is 14.8. The number of rotatable bonds is 22. The van der Waals surface area contributed by atoms with Gasteiger partial charge in [0.15, 0.2) is 0 Å². The van der Waals surface area contributed by atoms with Crippen molar-refractivity contribution in [1.29, 1.82) is 0 Å². The minimum atomic E-state index is -0.440. The molecule has 0 fully saturated rings. The Bertz CT molecular complexity index is 1720. The van der Waals surface area contributed by atoms with Crippen LogP contribution in [0.2, 0.25) is 0 Å². The molecule has 0 aromatic heterocycles. The lowest BCUT2D eigenvalue weighted by molar-refractivity contribution is -0.143. The number of nitrogens with zero attached hydrogens (tertiary/aromatic N) is 4.